The van der Waals surface area contributed by atoms with E-state index in [1.807, 2.05) is 24.3 Å². The van der Waals surface area contributed by atoms with E-state index in [0.29, 0.717) is 17.9 Å². The van der Waals surface area contributed by atoms with Crippen molar-refractivity contribution in [3.05, 3.63) is 54.1 Å². The Hall–Kier alpha value is -3.02. The highest BCUT2D eigenvalue weighted by Crippen LogP contribution is 2.18. The van der Waals surface area contributed by atoms with Crippen molar-refractivity contribution in [1.82, 2.24) is 0 Å². The summed E-state index contributed by atoms with van der Waals surface area (Å²) in [5.74, 6) is 0.0373. The van der Waals surface area contributed by atoms with Crippen molar-refractivity contribution in [1.29, 1.82) is 0 Å². The average Bonchev–Trinajstić information content (AvgIpc) is 2.69. The minimum Gasteiger partial charge on any atom is -0.494 e. The summed E-state index contributed by atoms with van der Waals surface area (Å²) in [7, 11) is 0. The highest BCUT2D eigenvalue weighted by atomic mass is 16.5. The molecule has 6 heteroatoms. The number of ether oxygens (including phenoxy) is 1. The number of carbonyl (C=O) groups is 2. The topological polar surface area (TPSA) is 93.4 Å². The van der Waals surface area contributed by atoms with Crippen molar-refractivity contribution in [2.75, 3.05) is 23.8 Å². The molecule has 0 heterocycles. The molecule has 0 spiro atoms. The van der Waals surface area contributed by atoms with Gasteiger partial charge in [-0.15, -0.1) is 0 Å². The first kappa shape index (κ1) is 21.3. The second kappa shape index (κ2) is 11.6. The largest absolute Gasteiger partial charge is 0.494 e. The van der Waals surface area contributed by atoms with Gasteiger partial charge in [-0.1, -0.05) is 44.7 Å². The Morgan fingerprint density at radius 3 is 2.50 bits per heavy atom. The van der Waals surface area contributed by atoms with Gasteiger partial charge >= 0.3 is 0 Å². The Morgan fingerprint density at radius 2 is 1.71 bits per heavy atom. The fourth-order valence-corrected chi connectivity index (χ4v) is 2.73. The quantitative estimate of drug-likeness (QED) is 0.479. The average molecular weight is 383 g/mol. The van der Waals surface area contributed by atoms with Crippen LogP contribution in [0.15, 0.2) is 48.5 Å². The standard InChI is InChI=1S/C22H29N3O3/c1-2-3-4-5-6-13-28-20-12-8-10-18(15-20)24-16-21(26)25-19-11-7-9-17(14-19)22(23)27/h7-12,14-15,24H,2-6,13,16H2,1H3,(H2,23,27)(H,25,26). The van der Waals surface area contributed by atoms with E-state index in [-0.39, 0.29) is 12.5 Å². The van der Waals surface area contributed by atoms with Crippen molar-refractivity contribution < 1.29 is 14.3 Å². The molecule has 2 amide bonds. The predicted molar refractivity (Wildman–Crippen MR) is 113 cm³/mol. The fourth-order valence-electron chi connectivity index (χ4n) is 2.73. The molecule has 0 fully saturated rings. The number of nitrogens with two attached hydrogens (primary N) is 1. The summed E-state index contributed by atoms with van der Waals surface area (Å²) in [6.07, 6.45) is 5.99. The van der Waals surface area contributed by atoms with Gasteiger partial charge < -0.3 is 21.1 Å². The molecule has 0 radical (unpaired) electrons. The minimum absolute atomic E-state index is 0.0985. The number of hydrogen-bond acceptors (Lipinski definition) is 4. The van der Waals surface area contributed by atoms with Crippen molar-refractivity contribution in [2.45, 2.75) is 39.0 Å². The van der Waals surface area contributed by atoms with Crippen LogP contribution in [0.4, 0.5) is 11.4 Å². The number of hydrogen-bond donors (Lipinski definition) is 3. The lowest BCUT2D eigenvalue weighted by molar-refractivity contribution is -0.114. The number of anilines is 2. The SMILES string of the molecule is CCCCCCCOc1cccc(NCC(=O)Nc2cccc(C(N)=O)c2)c1. The molecular weight excluding hydrogens is 354 g/mol. The van der Waals surface area contributed by atoms with Gasteiger partial charge in [-0.05, 0) is 36.8 Å². The third kappa shape index (κ3) is 7.70. The molecule has 6 nitrogen and oxygen atoms in total. The molecule has 0 unspecified atom stereocenters. The summed E-state index contributed by atoms with van der Waals surface area (Å²) >= 11 is 0. The van der Waals surface area contributed by atoms with Gasteiger partial charge in [0.05, 0.1) is 13.2 Å². The second-order valence-electron chi connectivity index (χ2n) is 6.64. The zero-order valence-electron chi connectivity index (χ0n) is 16.4. The molecule has 2 rings (SSSR count). The molecule has 0 aliphatic carbocycles. The van der Waals surface area contributed by atoms with Crippen LogP contribution in [0.3, 0.4) is 0 Å². The molecular formula is C22H29N3O3. The number of amides is 2. The van der Waals surface area contributed by atoms with Gasteiger partial charge in [-0.2, -0.15) is 0 Å². The van der Waals surface area contributed by atoms with Crippen LogP contribution >= 0.6 is 0 Å². The molecule has 0 atom stereocenters. The molecule has 2 aromatic rings. The summed E-state index contributed by atoms with van der Waals surface area (Å²) in [4.78, 5) is 23.3. The smallest absolute Gasteiger partial charge is 0.248 e. The Morgan fingerprint density at radius 1 is 0.964 bits per heavy atom. The van der Waals surface area contributed by atoms with Gasteiger partial charge in [0.25, 0.3) is 0 Å². The Balaban J connectivity index is 1.76. The molecule has 28 heavy (non-hydrogen) atoms. The van der Waals surface area contributed by atoms with Gasteiger partial charge in [0.15, 0.2) is 0 Å². The lowest BCUT2D eigenvalue weighted by Crippen LogP contribution is -2.22. The predicted octanol–water partition coefficient (Wildman–Crippen LogP) is 4.19. The molecule has 0 saturated carbocycles. The van der Waals surface area contributed by atoms with Gasteiger partial charge in [0.1, 0.15) is 5.75 Å². The number of rotatable bonds is 12. The third-order valence-corrected chi connectivity index (χ3v) is 4.23. The van der Waals surface area contributed by atoms with Gasteiger partial charge in [-0.3, -0.25) is 9.59 Å². The monoisotopic (exact) mass is 383 g/mol. The molecule has 0 saturated heterocycles. The number of benzene rings is 2. The van der Waals surface area contributed by atoms with Crippen molar-refractivity contribution in [2.24, 2.45) is 5.73 Å². The minimum atomic E-state index is -0.531. The van der Waals surface area contributed by atoms with E-state index in [0.717, 1.165) is 17.9 Å². The Bertz CT molecular complexity index is 777. The summed E-state index contributed by atoms with van der Waals surface area (Å²) in [6.45, 7) is 3.00. The summed E-state index contributed by atoms with van der Waals surface area (Å²) < 4.78 is 5.78. The second-order valence-corrected chi connectivity index (χ2v) is 6.64. The molecule has 0 aliphatic heterocycles. The molecule has 0 aliphatic rings. The normalized spacial score (nSPS) is 10.3. The van der Waals surface area contributed by atoms with Crippen LogP contribution in [0.25, 0.3) is 0 Å². The van der Waals surface area contributed by atoms with Gasteiger partial charge in [0.2, 0.25) is 11.8 Å². The summed E-state index contributed by atoms with van der Waals surface area (Å²) in [6, 6.07) is 14.1. The highest BCUT2D eigenvalue weighted by Gasteiger charge is 2.06. The number of nitrogens with one attached hydrogen (secondary N) is 2. The first-order valence-electron chi connectivity index (χ1n) is 9.75. The van der Waals surface area contributed by atoms with Crippen molar-refractivity contribution in [3.63, 3.8) is 0 Å². The van der Waals surface area contributed by atoms with Gasteiger partial charge in [-0.25, -0.2) is 0 Å². The molecule has 0 aromatic heterocycles. The maximum atomic E-state index is 12.1. The van der Waals surface area contributed by atoms with E-state index in [9.17, 15) is 9.59 Å². The van der Waals surface area contributed by atoms with Gasteiger partial charge in [0, 0.05) is 23.0 Å². The van der Waals surface area contributed by atoms with E-state index in [2.05, 4.69) is 17.6 Å². The van der Waals surface area contributed by atoms with E-state index in [4.69, 9.17) is 10.5 Å². The van der Waals surface area contributed by atoms with E-state index < -0.39 is 5.91 Å². The first-order valence-corrected chi connectivity index (χ1v) is 9.75. The highest BCUT2D eigenvalue weighted by molar-refractivity contribution is 5.97. The Kier molecular flexibility index (Phi) is 8.85. The van der Waals surface area contributed by atoms with Crippen LogP contribution in [0.5, 0.6) is 5.75 Å². The molecule has 2 aromatic carbocycles. The van der Waals surface area contributed by atoms with Crippen LogP contribution in [0.1, 0.15) is 49.4 Å². The third-order valence-electron chi connectivity index (χ3n) is 4.23. The van der Waals surface area contributed by atoms with Crippen LogP contribution in [-0.4, -0.2) is 25.0 Å². The lowest BCUT2D eigenvalue weighted by atomic mass is 10.2. The van der Waals surface area contributed by atoms with E-state index >= 15 is 0 Å². The van der Waals surface area contributed by atoms with Crippen LogP contribution in [0.2, 0.25) is 0 Å². The van der Waals surface area contributed by atoms with Crippen LogP contribution < -0.4 is 21.1 Å². The summed E-state index contributed by atoms with van der Waals surface area (Å²) in [5.41, 5.74) is 6.94. The molecule has 4 N–H and O–H groups in total. The maximum absolute atomic E-state index is 12.1. The van der Waals surface area contributed by atoms with E-state index in [1.54, 1.807) is 24.3 Å². The zero-order valence-corrected chi connectivity index (χ0v) is 16.4. The maximum Gasteiger partial charge on any atom is 0.248 e. The number of primary amides is 1. The number of carbonyl (C=O) groups excluding carboxylic acids is 2. The lowest BCUT2D eigenvalue weighted by Gasteiger charge is -2.11. The molecule has 150 valence electrons. The van der Waals surface area contributed by atoms with E-state index in [1.165, 1.54) is 25.7 Å². The van der Waals surface area contributed by atoms with Crippen molar-refractivity contribution >= 4 is 23.2 Å². The summed E-state index contributed by atoms with van der Waals surface area (Å²) in [5, 5.41) is 5.82. The van der Waals surface area contributed by atoms with Crippen LogP contribution in [-0.2, 0) is 4.79 Å². The first-order chi connectivity index (χ1) is 13.6. The molecule has 0 bridgehead atoms. The van der Waals surface area contributed by atoms with Crippen LogP contribution in [0, 0.1) is 0 Å². The zero-order chi connectivity index (χ0) is 20.2. The van der Waals surface area contributed by atoms with Crippen molar-refractivity contribution in [3.8, 4) is 5.75 Å². The Labute approximate surface area is 166 Å². The fraction of sp³-hybridized carbons (Fsp3) is 0.364. The number of unbranched alkanes of at least 4 members (excludes halogenated alkanes) is 4.